The van der Waals surface area contributed by atoms with E-state index in [2.05, 4.69) is 22.7 Å². The number of aryl methyl sites for hydroxylation is 1. The highest BCUT2D eigenvalue weighted by Gasteiger charge is 2.15. The van der Waals surface area contributed by atoms with E-state index in [0.29, 0.717) is 6.04 Å². The lowest BCUT2D eigenvalue weighted by atomic mass is 10.1. The van der Waals surface area contributed by atoms with Crippen molar-refractivity contribution in [3.8, 4) is 0 Å². The van der Waals surface area contributed by atoms with E-state index in [9.17, 15) is 0 Å². The Morgan fingerprint density at radius 3 is 2.92 bits per heavy atom. The molecule has 0 aliphatic carbocycles. The summed E-state index contributed by atoms with van der Waals surface area (Å²) in [6.45, 7) is 5.23. The van der Waals surface area contributed by atoms with Gasteiger partial charge in [-0.3, -0.25) is 4.68 Å². The van der Waals surface area contributed by atoms with E-state index >= 15 is 0 Å². The second-order valence-electron chi connectivity index (χ2n) is 3.61. The van der Waals surface area contributed by atoms with Crippen molar-refractivity contribution >= 4 is 0 Å². The van der Waals surface area contributed by atoms with Crippen molar-refractivity contribution in [1.29, 1.82) is 0 Å². The average molecular weight is 180 g/mol. The van der Waals surface area contributed by atoms with Crippen LogP contribution in [0.4, 0.5) is 0 Å². The van der Waals surface area contributed by atoms with Gasteiger partial charge in [0.05, 0.1) is 6.20 Å². The molecule has 2 heterocycles. The Bertz CT molecular complexity index is 288. The van der Waals surface area contributed by atoms with Crippen LogP contribution in [0.15, 0.2) is 6.20 Å². The molecule has 0 amide bonds. The lowest BCUT2D eigenvalue weighted by molar-refractivity contribution is 0.365. The van der Waals surface area contributed by atoms with Crippen LogP contribution in [0.2, 0.25) is 0 Å². The normalized spacial score (nSPS) is 17.4. The number of aromatic nitrogens is 2. The van der Waals surface area contributed by atoms with Gasteiger partial charge in [-0.05, 0) is 6.92 Å². The molecule has 4 heteroatoms. The number of nitrogens with one attached hydrogen (secondary N) is 2. The Kier molecular flexibility index (Phi) is 2.33. The number of nitrogens with zero attached hydrogens (tertiary/aromatic N) is 2. The van der Waals surface area contributed by atoms with Crippen molar-refractivity contribution < 1.29 is 0 Å². The molecular formula is C9H16N4. The first kappa shape index (κ1) is 8.72. The van der Waals surface area contributed by atoms with Crippen LogP contribution in [0.5, 0.6) is 0 Å². The molecule has 2 rings (SSSR count). The van der Waals surface area contributed by atoms with Crippen LogP contribution in [0.3, 0.4) is 0 Å². The van der Waals surface area contributed by atoms with Gasteiger partial charge in [-0.1, -0.05) is 0 Å². The van der Waals surface area contributed by atoms with Crippen LogP contribution >= 0.6 is 0 Å². The van der Waals surface area contributed by atoms with Gasteiger partial charge in [-0.15, -0.1) is 0 Å². The van der Waals surface area contributed by atoms with Crippen LogP contribution in [0.1, 0.15) is 11.3 Å². The summed E-state index contributed by atoms with van der Waals surface area (Å²) in [7, 11) is 1.98. The van der Waals surface area contributed by atoms with Crippen molar-refractivity contribution in [3.05, 3.63) is 17.5 Å². The van der Waals surface area contributed by atoms with Crippen molar-refractivity contribution in [2.45, 2.75) is 19.5 Å². The minimum atomic E-state index is 0.652. The summed E-state index contributed by atoms with van der Waals surface area (Å²) >= 11 is 0. The second kappa shape index (κ2) is 3.47. The first-order chi connectivity index (χ1) is 6.27. The second-order valence-corrected chi connectivity index (χ2v) is 3.61. The van der Waals surface area contributed by atoms with E-state index in [4.69, 9.17) is 0 Å². The largest absolute Gasteiger partial charge is 0.314 e. The molecule has 1 saturated heterocycles. The maximum absolute atomic E-state index is 4.20. The molecule has 1 aromatic heterocycles. The van der Waals surface area contributed by atoms with Gasteiger partial charge in [-0.25, -0.2) is 0 Å². The Balaban J connectivity index is 1.89. The van der Waals surface area contributed by atoms with E-state index in [1.807, 2.05) is 17.9 Å². The molecule has 1 aromatic rings. The third kappa shape index (κ3) is 1.73. The molecule has 0 saturated carbocycles. The summed E-state index contributed by atoms with van der Waals surface area (Å²) in [6, 6.07) is 0.652. The van der Waals surface area contributed by atoms with E-state index < -0.39 is 0 Å². The van der Waals surface area contributed by atoms with Gasteiger partial charge < -0.3 is 10.6 Å². The SMILES string of the molecule is Cc1c(CNC2CNC2)cnn1C. The summed E-state index contributed by atoms with van der Waals surface area (Å²) in [6.07, 6.45) is 1.94. The third-order valence-corrected chi connectivity index (χ3v) is 2.70. The average Bonchev–Trinajstić information content (AvgIpc) is 2.33. The Morgan fingerprint density at radius 1 is 1.69 bits per heavy atom. The van der Waals surface area contributed by atoms with Gasteiger partial charge in [0.15, 0.2) is 0 Å². The van der Waals surface area contributed by atoms with Gasteiger partial charge in [0.25, 0.3) is 0 Å². The van der Waals surface area contributed by atoms with E-state index in [1.54, 1.807) is 0 Å². The van der Waals surface area contributed by atoms with Crippen LogP contribution in [-0.2, 0) is 13.6 Å². The number of hydrogen-bond donors (Lipinski definition) is 2. The van der Waals surface area contributed by atoms with Gasteiger partial charge in [0.1, 0.15) is 0 Å². The lowest BCUT2D eigenvalue weighted by Crippen LogP contribution is -2.55. The molecule has 72 valence electrons. The third-order valence-electron chi connectivity index (χ3n) is 2.70. The maximum atomic E-state index is 4.20. The van der Waals surface area contributed by atoms with E-state index in [-0.39, 0.29) is 0 Å². The molecule has 13 heavy (non-hydrogen) atoms. The molecule has 0 unspecified atom stereocenters. The van der Waals surface area contributed by atoms with Gasteiger partial charge in [0, 0.05) is 44.0 Å². The van der Waals surface area contributed by atoms with Crippen molar-refractivity contribution in [3.63, 3.8) is 0 Å². The zero-order valence-corrected chi connectivity index (χ0v) is 8.17. The molecule has 1 aliphatic rings. The zero-order valence-electron chi connectivity index (χ0n) is 8.17. The summed E-state index contributed by atoms with van der Waals surface area (Å²) in [5.74, 6) is 0. The van der Waals surface area contributed by atoms with E-state index in [0.717, 1.165) is 19.6 Å². The molecule has 1 fully saturated rings. The fraction of sp³-hybridized carbons (Fsp3) is 0.667. The molecular weight excluding hydrogens is 164 g/mol. The molecule has 0 radical (unpaired) electrons. The van der Waals surface area contributed by atoms with E-state index in [1.165, 1.54) is 11.3 Å². The fourth-order valence-corrected chi connectivity index (χ4v) is 1.41. The first-order valence-corrected chi connectivity index (χ1v) is 4.69. The zero-order chi connectivity index (χ0) is 9.26. The van der Waals surface area contributed by atoms with Crippen molar-refractivity contribution in [2.75, 3.05) is 13.1 Å². The van der Waals surface area contributed by atoms with Crippen LogP contribution in [0, 0.1) is 6.92 Å². The topological polar surface area (TPSA) is 41.9 Å². The predicted molar refractivity (Wildman–Crippen MR) is 51.4 cm³/mol. The predicted octanol–water partition coefficient (Wildman–Crippen LogP) is -0.210. The Labute approximate surface area is 78.3 Å². The van der Waals surface area contributed by atoms with Crippen molar-refractivity contribution in [1.82, 2.24) is 20.4 Å². The first-order valence-electron chi connectivity index (χ1n) is 4.69. The highest BCUT2D eigenvalue weighted by Crippen LogP contribution is 2.05. The quantitative estimate of drug-likeness (QED) is 0.676. The highest BCUT2D eigenvalue weighted by atomic mass is 15.3. The molecule has 0 atom stereocenters. The molecule has 0 aromatic carbocycles. The van der Waals surface area contributed by atoms with Crippen LogP contribution in [-0.4, -0.2) is 28.9 Å². The maximum Gasteiger partial charge on any atom is 0.0537 e. The fourth-order valence-electron chi connectivity index (χ4n) is 1.41. The number of rotatable bonds is 3. The van der Waals surface area contributed by atoms with Crippen LogP contribution < -0.4 is 10.6 Å². The van der Waals surface area contributed by atoms with Crippen LogP contribution in [0.25, 0.3) is 0 Å². The number of hydrogen-bond acceptors (Lipinski definition) is 3. The van der Waals surface area contributed by atoms with Gasteiger partial charge >= 0.3 is 0 Å². The minimum Gasteiger partial charge on any atom is -0.314 e. The molecule has 4 nitrogen and oxygen atoms in total. The van der Waals surface area contributed by atoms with Crippen molar-refractivity contribution in [2.24, 2.45) is 7.05 Å². The Morgan fingerprint density at radius 2 is 2.46 bits per heavy atom. The van der Waals surface area contributed by atoms with Gasteiger partial charge in [-0.2, -0.15) is 5.10 Å². The summed E-state index contributed by atoms with van der Waals surface area (Å²) in [5.41, 5.74) is 2.55. The lowest BCUT2D eigenvalue weighted by Gasteiger charge is -2.28. The molecule has 2 N–H and O–H groups in total. The molecule has 1 aliphatic heterocycles. The molecule has 0 spiro atoms. The monoisotopic (exact) mass is 180 g/mol. The Hall–Kier alpha value is -0.870. The summed E-state index contributed by atoms with van der Waals surface area (Å²) < 4.78 is 1.91. The molecule has 0 bridgehead atoms. The highest BCUT2D eigenvalue weighted by molar-refractivity contribution is 5.15. The summed E-state index contributed by atoms with van der Waals surface area (Å²) in [4.78, 5) is 0. The van der Waals surface area contributed by atoms with Gasteiger partial charge in [0.2, 0.25) is 0 Å². The minimum absolute atomic E-state index is 0.652. The standard InChI is InChI=1S/C9H16N4/c1-7-8(4-12-13(7)2)3-11-9-5-10-6-9/h4,9-11H,3,5-6H2,1-2H3. The summed E-state index contributed by atoms with van der Waals surface area (Å²) in [5, 5.41) is 10.9. The smallest absolute Gasteiger partial charge is 0.0537 e.